The summed E-state index contributed by atoms with van der Waals surface area (Å²) in [4.78, 5) is 0. The Bertz CT molecular complexity index is 329. The van der Waals surface area contributed by atoms with E-state index in [4.69, 9.17) is 9.15 Å². The zero-order valence-electron chi connectivity index (χ0n) is 9.66. The third-order valence-electron chi connectivity index (χ3n) is 2.96. The van der Waals surface area contributed by atoms with E-state index >= 15 is 0 Å². The van der Waals surface area contributed by atoms with Crippen LogP contribution in [0.3, 0.4) is 0 Å². The molecule has 4 nitrogen and oxygen atoms in total. The highest BCUT2D eigenvalue weighted by Gasteiger charge is 2.30. The molecule has 2 N–H and O–H groups in total. The summed E-state index contributed by atoms with van der Waals surface area (Å²) in [7, 11) is 1.64. The Kier molecular flexibility index (Phi) is 3.63. The van der Waals surface area contributed by atoms with Gasteiger partial charge in [-0.1, -0.05) is 0 Å². The predicted octanol–water partition coefficient (Wildman–Crippen LogP) is 1.08. The average molecular weight is 225 g/mol. The molecule has 1 aromatic rings. The number of methoxy groups -OCH3 is 1. The molecule has 0 bridgehead atoms. The molecule has 1 aromatic heterocycles. The third kappa shape index (κ3) is 2.84. The molecule has 2 rings (SSSR count). The average Bonchev–Trinajstić information content (AvgIpc) is 2.66. The molecule has 1 saturated heterocycles. The first-order valence-electron chi connectivity index (χ1n) is 5.71. The fraction of sp³-hybridized carbons (Fsp3) is 0.667. The third-order valence-corrected chi connectivity index (χ3v) is 2.96. The van der Waals surface area contributed by atoms with Crippen LogP contribution < -0.4 is 5.32 Å². The minimum Gasteiger partial charge on any atom is -0.464 e. The van der Waals surface area contributed by atoms with Gasteiger partial charge >= 0.3 is 0 Å². The monoisotopic (exact) mass is 225 g/mol. The van der Waals surface area contributed by atoms with Crippen molar-refractivity contribution in [1.82, 2.24) is 5.32 Å². The van der Waals surface area contributed by atoms with Crippen LogP contribution in [0.4, 0.5) is 0 Å². The number of β-amino-alcohol motifs (C(OH)–C–C–N with tert-alkyl or cyclic N) is 1. The van der Waals surface area contributed by atoms with Gasteiger partial charge in [0.15, 0.2) is 0 Å². The van der Waals surface area contributed by atoms with Gasteiger partial charge in [-0.05, 0) is 31.5 Å². The molecule has 0 saturated carbocycles. The van der Waals surface area contributed by atoms with E-state index in [9.17, 15) is 5.11 Å². The van der Waals surface area contributed by atoms with Gasteiger partial charge in [0.1, 0.15) is 18.1 Å². The lowest BCUT2D eigenvalue weighted by Gasteiger charge is -2.31. The van der Waals surface area contributed by atoms with Crippen molar-refractivity contribution in [2.24, 2.45) is 0 Å². The second kappa shape index (κ2) is 4.99. The Hall–Kier alpha value is -0.840. The summed E-state index contributed by atoms with van der Waals surface area (Å²) in [6, 6.07) is 3.82. The molecule has 1 aliphatic rings. The summed E-state index contributed by atoms with van der Waals surface area (Å²) < 4.78 is 10.6. The van der Waals surface area contributed by atoms with Crippen molar-refractivity contribution in [3.8, 4) is 0 Å². The van der Waals surface area contributed by atoms with Crippen LogP contribution in [0.25, 0.3) is 0 Å². The van der Waals surface area contributed by atoms with Crippen molar-refractivity contribution in [2.45, 2.75) is 31.5 Å². The smallest absolute Gasteiger partial charge is 0.129 e. The lowest BCUT2D eigenvalue weighted by Crippen LogP contribution is -2.47. The number of hydrogen-bond donors (Lipinski definition) is 2. The molecule has 1 unspecified atom stereocenters. The van der Waals surface area contributed by atoms with Crippen molar-refractivity contribution in [3.05, 3.63) is 23.7 Å². The van der Waals surface area contributed by atoms with E-state index < -0.39 is 5.60 Å². The largest absolute Gasteiger partial charge is 0.464 e. The van der Waals surface area contributed by atoms with E-state index in [0.29, 0.717) is 19.6 Å². The highest BCUT2D eigenvalue weighted by molar-refractivity contribution is 5.10. The van der Waals surface area contributed by atoms with Gasteiger partial charge in [0.2, 0.25) is 0 Å². The van der Waals surface area contributed by atoms with Gasteiger partial charge in [0.25, 0.3) is 0 Å². The number of rotatable bonds is 4. The maximum atomic E-state index is 10.3. The Morgan fingerprint density at radius 3 is 3.00 bits per heavy atom. The van der Waals surface area contributed by atoms with Gasteiger partial charge in [0.05, 0.1) is 5.60 Å². The van der Waals surface area contributed by atoms with Gasteiger partial charge in [-0.15, -0.1) is 0 Å². The van der Waals surface area contributed by atoms with Crippen LogP contribution in [0.5, 0.6) is 0 Å². The molecule has 0 amide bonds. The molecule has 90 valence electrons. The Labute approximate surface area is 95.6 Å². The zero-order valence-corrected chi connectivity index (χ0v) is 9.66. The maximum absolute atomic E-state index is 10.3. The van der Waals surface area contributed by atoms with Crippen molar-refractivity contribution < 1.29 is 14.3 Å². The van der Waals surface area contributed by atoms with Crippen LogP contribution in [0.2, 0.25) is 0 Å². The van der Waals surface area contributed by atoms with Gasteiger partial charge in [0, 0.05) is 20.1 Å². The first kappa shape index (κ1) is 11.6. The van der Waals surface area contributed by atoms with E-state index in [0.717, 1.165) is 30.9 Å². The lowest BCUT2D eigenvalue weighted by atomic mass is 9.90. The number of nitrogens with one attached hydrogen (secondary N) is 1. The standard InChI is InChI=1S/C12H19NO3/c1-15-8-11-4-3-10(16-11)7-12(14)5-2-6-13-9-12/h3-4,13-14H,2,5-9H2,1H3. The van der Waals surface area contributed by atoms with Gasteiger partial charge in [-0.3, -0.25) is 0 Å². The van der Waals surface area contributed by atoms with Crippen molar-refractivity contribution in [1.29, 1.82) is 0 Å². The van der Waals surface area contributed by atoms with Gasteiger partial charge in [-0.2, -0.15) is 0 Å². The molecular weight excluding hydrogens is 206 g/mol. The number of hydrogen-bond acceptors (Lipinski definition) is 4. The fourth-order valence-corrected chi connectivity index (χ4v) is 2.16. The summed E-state index contributed by atoms with van der Waals surface area (Å²) in [5.74, 6) is 1.64. The first-order valence-corrected chi connectivity index (χ1v) is 5.71. The summed E-state index contributed by atoms with van der Waals surface area (Å²) in [6.45, 7) is 2.12. The molecule has 0 spiro atoms. The molecule has 1 atom stereocenters. The van der Waals surface area contributed by atoms with Crippen LogP contribution in [0.1, 0.15) is 24.4 Å². The molecule has 0 aromatic carbocycles. The van der Waals surface area contributed by atoms with E-state index in [1.165, 1.54) is 0 Å². The van der Waals surface area contributed by atoms with E-state index in [2.05, 4.69) is 5.32 Å². The normalized spacial score (nSPS) is 25.9. The molecular formula is C12H19NO3. The Balaban J connectivity index is 1.96. The first-order chi connectivity index (χ1) is 7.72. The van der Waals surface area contributed by atoms with Gasteiger partial charge in [-0.25, -0.2) is 0 Å². The minimum absolute atomic E-state index is 0.483. The summed E-state index contributed by atoms with van der Waals surface area (Å²) in [6.07, 6.45) is 2.42. The molecule has 2 heterocycles. The van der Waals surface area contributed by atoms with Crippen molar-refractivity contribution in [2.75, 3.05) is 20.2 Å². The number of furan rings is 1. The summed E-state index contributed by atoms with van der Waals surface area (Å²) in [5, 5.41) is 13.5. The molecule has 1 fully saturated rings. The van der Waals surface area contributed by atoms with Gasteiger partial charge < -0.3 is 19.6 Å². The van der Waals surface area contributed by atoms with E-state index in [1.807, 2.05) is 12.1 Å². The molecule has 16 heavy (non-hydrogen) atoms. The SMILES string of the molecule is COCc1ccc(CC2(O)CCCNC2)o1. The minimum atomic E-state index is -0.652. The summed E-state index contributed by atoms with van der Waals surface area (Å²) in [5.41, 5.74) is -0.652. The van der Waals surface area contributed by atoms with Crippen LogP contribution >= 0.6 is 0 Å². The van der Waals surface area contributed by atoms with Crippen LogP contribution in [0, 0.1) is 0 Å². The molecule has 1 aliphatic heterocycles. The molecule has 4 heteroatoms. The predicted molar refractivity (Wildman–Crippen MR) is 60.2 cm³/mol. The molecule has 0 aliphatic carbocycles. The Morgan fingerprint density at radius 2 is 2.31 bits per heavy atom. The van der Waals surface area contributed by atoms with Crippen LogP contribution in [-0.4, -0.2) is 30.9 Å². The second-order valence-electron chi connectivity index (χ2n) is 4.48. The van der Waals surface area contributed by atoms with E-state index in [-0.39, 0.29) is 0 Å². The highest BCUT2D eigenvalue weighted by Crippen LogP contribution is 2.22. The number of piperidine rings is 1. The Morgan fingerprint density at radius 1 is 1.50 bits per heavy atom. The zero-order chi connectivity index (χ0) is 11.4. The van der Waals surface area contributed by atoms with Crippen LogP contribution in [-0.2, 0) is 17.8 Å². The van der Waals surface area contributed by atoms with Crippen LogP contribution in [0.15, 0.2) is 16.5 Å². The van der Waals surface area contributed by atoms with E-state index in [1.54, 1.807) is 7.11 Å². The summed E-state index contributed by atoms with van der Waals surface area (Å²) >= 11 is 0. The fourth-order valence-electron chi connectivity index (χ4n) is 2.16. The lowest BCUT2D eigenvalue weighted by molar-refractivity contribution is 0.0120. The maximum Gasteiger partial charge on any atom is 0.129 e. The number of ether oxygens (including phenoxy) is 1. The van der Waals surface area contributed by atoms with Crippen molar-refractivity contribution in [3.63, 3.8) is 0 Å². The second-order valence-corrected chi connectivity index (χ2v) is 4.48. The highest BCUT2D eigenvalue weighted by atomic mass is 16.5. The number of aliphatic hydroxyl groups is 1. The van der Waals surface area contributed by atoms with Crippen molar-refractivity contribution >= 4 is 0 Å². The molecule has 0 radical (unpaired) electrons. The quantitative estimate of drug-likeness (QED) is 0.805. The topological polar surface area (TPSA) is 54.6 Å².